The Morgan fingerprint density at radius 2 is 2.00 bits per heavy atom. The van der Waals surface area contributed by atoms with Gasteiger partial charge in [0.1, 0.15) is 11.6 Å². The molecular formula is C13H9F2N3O2. The Balaban J connectivity index is 2.00. The van der Waals surface area contributed by atoms with E-state index in [1.54, 1.807) is 23.3 Å². The standard InChI is InChI=1S/C13H9F2N3O2/c14-9-3-8(6-18-2-1-16-7-18)4-10(15)13(9)11-5-12(19)17-20-11/h1-5,7H,6H2,(H,17,19). The van der Waals surface area contributed by atoms with Crippen molar-refractivity contribution in [1.29, 1.82) is 0 Å². The first-order valence-electron chi connectivity index (χ1n) is 5.76. The minimum atomic E-state index is -0.789. The smallest absolute Gasteiger partial charge is 0.280 e. The molecule has 102 valence electrons. The van der Waals surface area contributed by atoms with Gasteiger partial charge in [-0.1, -0.05) is 0 Å². The highest BCUT2D eigenvalue weighted by Gasteiger charge is 2.17. The van der Waals surface area contributed by atoms with Gasteiger partial charge in [0.25, 0.3) is 5.56 Å². The van der Waals surface area contributed by atoms with Crippen LogP contribution in [-0.2, 0) is 6.54 Å². The fourth-order valence-electron chi connectivity index (χ4n) is 1.95. The lowest BCUT2D eigenvalue weighted by atomic mass is 10.1. The molecule has 1 aromatic carbocycles. The molecule has 0 amide bonds. The maximum Gasteiger partial charge on any atom is 0.280 e. The Labute approximate surface area is 111 Å². The second-order valence-electron chi connectivity index (χ2n) is 4.25. The van der Waals surface area contributed by atoms with Gasteiger partial charge in [0.15, 0.2) is 5.76 Å². The van der Waals surface area contributed by atoms with E-state index in [2.05, 4.69) is 4.98 Å². The molecule has 7 heteroatoms. The minimum Gasteiger partial charge on any atom is -0.378 e. The molecule has 0 unspecified atom stereocenters. The van der Waals surface area contributed by atoms with Gasteiger partial charge in [-0.3, -0.25) is 4.79 Å². The van der Waals surface area contributed by atoms with Gasteiger partial charge >= 0.3 is 0 Å². The number of aromatic nitrogens is 3. The molecular weight excluding hydrogens is 268 g/mol. The van der Waals surface area contributed by atoms with Crippen LogP contribution in [0.5, 0.6) is 0 Å². The van der Waals surface area contributed by atoms with Gasteiger partial charge in [0.05, 0.1) is 18.0 Å². The van der Waals surface area contributed by atoms with Crippen molar-refractivity contribution in [1.82, 2.24) is 14.7 Å². The Kier molecular flexibility index (Phi) is 2.94. The summed E-state index contributed by atoms with van der Waals surface area (Å²) in [6.07, 6.45) is 4.82. The minimum absolute atomic E-state index is 0.167. The lowest BCUT2D eigenvalue weighted by molar-refractivity contribution is 0.420. The van der Waals surface area contributed by atoms with E-state index >= 15 is 0 Å². The van der Waals surface area contributed by atoms with Gasteiger partial charge in [-0.2, -0.15) is 5.16 Å². The third kappa shape index (κ3) is 2.25. The van der Waals surface area contributed by atoms with Crippen molar-refractivity contribution in [3.05, 3.63) is 64.5 Å². The summed E-state index contributed by atoms with van der Waals surface area (Å²) in [5.41, 5.74) is -0.473. The van der Waals surface area contributed by atoms with Gasteiger partial charge in [-0.05, 0) is 17.7 Å². The summed E-state index contributed by atoms with van der Waals surface area (Å²) in [5.74, 6) is -1.75. The zero-order chi connectivity index (χ0) is 14.1. The van der Waals surface area contributed by atoms with Crippen LogP contribution >= 0.6 is 0 Å². The zero-order valence-electron chi connectivity index (χ0n) is 10.1. The summed E-state index contributed by atoms with van der Waals surface area (Å²) in [6.45, 7) is 0.297. The van der Waals surface area contributed by atoms with E-state index in [1.165, 1.54) is 12.1 Å². The molecule has 0 fully saturated rings. The third-order valence-electron chi connectivity index (χ3n) is 2.80. The highest BCUT2D eigenvalue weighted by atomic mass is 19.1. The molecule has 5 nitrogen and oxygen atoms in total. The lowest BCUT2D eigenvalue weighted by Gasteiger charge is -2.06. The molecule has 3 rings (SSSR count). The molecule has 0 aliphatic rings. The Morgan fingerprint density at radius 3 is 2.55 bits per heavy atom. The summed E-state index contributed by atoms with van der Waals surface area (Å²) < 4.78 is 34.4. The monoisotopic (exact) mass is 277 g/mol. The van der Waals surface area contributed by atoms with E-state index in [9.17, 15) is 13.6 Å². The van der Waals surface area contributed by atoms with Crippen LogP contribution in [0.15, 0.2) is 46.2 Å². The number of hydrogen-bond donors (Lipinski definition) is 1. The third-order valence-corrected chi connectivity index (χ3v) is 2.80. The molecule has 0 atom stereocenters. The van der Waals surface area contributed by atoms with Gasteiger partial charge in [-0.15, -0.1) is 0 Å². The number of nitrogens with zero attached hydrogens (tertiary/aromatic N) is 2. The van der Waals surface area contributed by atoms with Crippen LogP contribution in [0.2, 0.25) is 0 Å². The molecule has 3 aromatic rings. The summed E-state index contributed by atoms with van der Waals surface area (Å²) >= 11 is 0. The predicted molar refractivity (Wildman–Crippen MR) is 66.0 cm³/mol. The quantitative estimate of drug-likeness (QED) is 0.798. The van der Waals surface area contributed by atoms with Crippen LogP contribution in [0.4, 0.5) is 8.78 Å². The average Bonchev–Trinajstić information content (AvgIpc) is 3.00. The SMILES string of the molecule is O=c1cc(-c2c(F)cc(Cn3ccnc3)cc2F)o[nH]1. The van der Waals surface area contributed by atoms with Crippen molar-refractivity contribution >= 4 is 0 Å². The lowest BCUT2D eigenvalue weighted by Crippen LogP contribution is -2.00. The summed E-state index contributed by atoms with van der Waals surface area (Å²) in [7, 11) is 0. The van der Waals surface area contributed by atoms with Crippen LogP contribution in [0.25, 0.3) is 11.3 Å². The molecule has 0 aliphatic carbocycles. The van der Waals surface area contributed by atoms with Gasteiger partial charge < -0.3 is 9.09 Å². The normalized spacial score (nSPS) is 10.9. The number of nitrogens with one attached hydrogen (secondary N) is 1. The first-order valence-corrected chi connectivity index (χ1v) is 5.76. The largest absolute Gasteiger partial charge is 0.378 e. The fourth-order valence-corrected chi connectivity index (χ4v) is 1.95. The van der Waals surface area contributed by atoms with Crippen molar-refractivity contribution in [2.24, 2.45) is 0 Å². The second kappa shape index (κ2) is 4.76. The number of hydrogen-bond acceptors (Lipinski definition) is 3. The van der Waals surface area contributed by atoms with Crippen molar-refractivity contribution < 1.29 is 13.3 Å². The van der Waals surface area contributed by atoms with Crippen LogP contribution in [-0.4, -0.2) is 14.7 Å². The number of rotatable bonds is 3. The van der Waals surface area contributed by atoms with E-state index in [1.807, 2.05) is 5.16 Å². The first-order chi connectivity index (χ1) is 9.63. The van der Waals surface area contributed by atoms with E-state index < -0.39 is 17.2 Å². The summed E-state index contributed by atoms with van der Waals surface area (Å²) in [4.78, 5) is 14.8. The zero-order valence-corrected chi connectivity index (χ0v) is 10.1. The maximum absolute atomic E-state index is 14.0. The topological polar surface area (TPSA) is 63.8 Å². The highest BCUT2D eigenvalue weighted by Crippen LogP contribution is 2.26. The van der Waals surface area contributed by atoms with E-state index in [0.29, 0.717) is 12.1 Å². The van der Waals surface area contributed by atoms with Crippen LogP contribution in [0, 0.1) is 11.6 Å². The molecule has 0 saturated heterocycles. The number of halogens is 2. The summed E-state index contributed by atoms with van der Waals surface area (Å²) in [5, 5.41) is 2.00. The van der Waals surface area contributed by atoms with Crippen LogP contribution in [0.3, 0.4) is 0 Å². The summed E-state index contributed by atoms with van der Waals surface area (Å²) in [6, 6.07) is 3.40. The van der Waals surface area contributed by atoms with Gasteiger partial charge in [0.2, 0.25) is 0 Å². The number of H-pyrrole nitrogens is 1. The van der Waals surface area contributed by atoms with E-state index in [4.69, 9.17) is 4.52 Å². The molecule has 0 spiro atoms. The van der Waals surface area contributed by atoms with Crippen LogP contribution in [0.1, 0.15) is 5.56 Å². The number of aromatic amines is 1. The Bertz CT molecular complexity index is 767. The van der Waals surface area contributed by atoms with Crippen molar-refractivity contribution in [2.75, 3.05) is 0 Å². The molecule has 0 aliphatic heterocycles. The maximum atomic E-state index is 14.0. The number of imidazole rings is 1. The van der Waals surface area contributed by atoms with Crippen molar-refractivity contribution in [3.63, 3.8) is 0 Å². The molecule has 2 aromatic heterocycles. The van der Waals surface area contributed by atoms with Gasteiger partial charge in [-0.25, -0.2) is 13.8 Å². The van der Waals surface area contributed by atoms with E-state index in [-0.39, 0.29) is 11.3 Å². The molecule has 0 bridgehead atoms. The average molecular weight is 277 g/mol. The Hall–Kier alpha value is -2.70. The van der Waals surface area contributed by atoms with Crippen molar-refractivity contribution in [2.45, 2.75) is 6.54 Å². The molecule has 20 heavy (non-hydrogen) atoms. The van der Waals surface area contributed by atoms with Gasteiger partial charge in [0, 0.05) is 18.9 Å². The van der Waals surface area contributed by atoms with E-state index in [0.717, 1.165) is 6.07 Å². The second-order valence-corrected chi connectivity index (χ2v) is 4.25. The van der Waals surface area contributed by atoms with Crippen molar-refractivity contribution in [3.8, 4) is 11.3 Å². The van der Waals surface area contributed by atoms with Crippen LogP contribution < -0.4 is 5.56 Å². The first kappa shape index (κ1) is 12.3. The highest BCUT2D eigenvalue weighted by molar-refractivity contribution is 5.59. The predicted octanol–water partition coefficient (Wildman–Crippen LogP) is 2.16. The fraction of sp³-hybridized carbons (Fsp3) is 0.0769. The molecule has 0 radical (unpaired) electrons. The Morgan fingerprint density at radius 1 is 1.25 bits per heavy atom. The number of benzene rings is 1. The molecule has 0 saturated carbocycles. The molecule has 2 heterocycles. The molecule has 1 N–H and O–H groups in total.